The molecule has 0 heterocycles. The van der Waals surface area contributed by atoms with E-state index in [1.165, 1.54) is 11.1 Å². The van der Waals surface area contributed by atoms with Crippen LogP contribution < -0.4 is 0 Å². The normalized spacial score (nSPS) is 12.5. The van der Waals surface area contributed by atoms with Crippen molar-refractivity contribution in [3.05, 3.63) is 36.5 Å². The summed E-state index contributed by atoms with van der Waals surface area (Å²) in [5.41, 5.74) is 2.88. The fraction of sp³-hybridized carbons (Fsp3) is 0.500. The van der Waals surface area contributed by atoms with E-state index in [4.69, 9.17) is 0 Å². The second-order valence-corrected chi connectivity index (χ2v) is 3.02. The lowest BCUT2D eigenvalue weighted by Gasteiger charge is -2.06. The first-order chi connectivity index (χ1) is 5.59. The maximum Gasteiger partial charge on any atom is -0.0257 e. The average molecular weight is 166 g/mol. The van der Waals surface area contributed by atoms with Crippen LogP contribution in [0, 0.1) is 5.92 Å². The van der Waals surface area contributed by atoms with Crippen molar-refractivity contribution >= 4 is 0 Å². The van der Waals surface area contributed by atoms with Crippen molar-refractivity contribution in [2.45, 2.75) is 34.6 Å². The van der Waals surface area contributed by atoms with Crippen molar-refractivity contribution in [2.24, 2.45) is 5.92 Å². The van der Waals surface area contributed by atoms with Gasteiger partial charge >= 0.3 is 0 Å². The van der Waals surface area contributed by atoms with Crippen LogP contribution in [0.25, 0.3) is 0 Å². The largest absolute Gasteiger partial charge is 0.106 e. The van der Waals surface area contributed by atoms with Gasteiger partial charge in [-0.1, -0.05) is 37.1 Å². The van der Waals surface area contributed by atoms with Crippen molar-refractivity contribution in [1.82, 2.24) is 0 Å². The Labute approximate surface area is 77.7 Å². The van der Waals surface area contributed by atoms with Gasteiger partial charge in [0.05, 0.1) is 0 Å². The third kappa shape index (κ3) is 5.96. The van der Waals surface area contributed by atoms with Gasteiger partial charge in [-0.05, 0) is 26.7 Å². The van der Waals surface area contributed by atoms with Crippen LogP contribution in [0.3, 0.4) is 0 Å². The van der Waals surface area contributed by atoms with Crippen molar-refractivity contribution in [2.75, 3.05) is 0 Å². The molecule has 0 aromatic heterocycles. The van der Waals surface area contributed by atoms with Gasteiger partial charge in [0.15, 0.2) is 0 Å². The Morgan fingerprint density at radius 3 is 1.83 bits per heavy atom. The summed E-state index contributed by atoms with van der Waals surface area (Å²) in [6.45, 7) is 16.9. The van der Waals surface area contributed by atoms with Gasteiger partial charge < -0.3 is 0 Å². The molecule has 0 rings (SSSR count). The fourth-order valence-corrected chi connectivity index (χ4v) is 0.837. The van der Waals surface area contributed by atoms with Crippen LogP contribution >= 0.6 is 0 Å². The Kier molecular flexibility index (Phi) is 9.56. The van der Waals surface area contributed by atoms with Crippen molar-refractivity contribution in [3.63, 3.8) is 0 Å². The third-order valence-electron chi connectivity index (χ3n) is 1.90. The highest BCUT2D eigenvalue weighted by Gasteiger charge is 1.97. The predicted molar refractivity (Wildman–Crippen MR) is 59.3 cm³/mol. The smallest absolute Gasteiger partial charge is 0.0257 e. The van der Waals surface area contributed by atoms with Crippen molar-refractivity contribution in [3.8, 4) is 0 Å². The van der Waals surface area contributed by atoms with E-state index in [0.29, 0.717) is 5.92 Å². The molecule has 0 aliphatic rings. The monoisotopic (exact) mass is 166 g/mol. The molecule has 0 unspecified atom stereocenters. The average Bonchev–Trinajstić information content (AvgIpc) is 2.07. The van der Waals surface area contributed by atoms with Crippen molar-refractivity contribution in [1.29, 1.82) is 0 Å². The zero-order valence-electron chi connectivity index (χ0n) is 9.15. The minimum absolute atomic E-state index is 0.677. The van der Waals surface area contributed by atoms with E-state index >= 15 is 0 Å². The maximum atomic E-state index is 3.00. The molecular formula is C12H22. The van der Waals surface area contributed by atoms with Gasteiger partial charge in [0.25, 0.3) is 0 Å². The molecule has 0 aromatic carbocycles. The SMILES string of the molecule is C=C.CC=C/C(C)=C(\C)C(C)C. The molecular weight excluding hydrogens is 144 g/mol. The zero-order chi connectivity index (χ0) is 10.1. The third-order valence-corrected chi connectivity index (χ3v) is 1.90. The molecule has 0 fully saturated rings. The Hall–Kier alpha value is -0.780. The van der Waals surface area contributed by atoms with E-state index in [0.717, 1.165) is 0 Å². The first-order valence-corrected chi connectivity index (χ1v) is 4.39. The molecule has 0 radical (unpaired) electrons. The molecule has 0 amide bonds. The molecule has 0 N–H and O–H groups in total. The van der Waals surface area contributed by atoms with Gasteiger partial charge in [-0.3, -0.25) is 0 Å². The summed E-state index contributed by atoms with van der Waals surface area (Å²) < 4.78 is 0. The lowest BCUT2D eigenvalue weighted by atomic mass is 10.00. The molecule has 0 nitrogen and oxygen atoms in total. The van der Waals surface area contributed by atoms with Gasteiger partial charge in [0, 0.05) is 0 Å². The molecule has 0 bridgehead atoms. The molecule has 70 valence electrons. The van der Waals surface area contributed by atoms with Crippen LogP contribution in [-0.2, 0) is 0 Å². The van der Waals surface area contributed by atoms with Gasteiger partial charge in [-0.15, -0.1) is 13.2 Å². The van der Waals surface area contributed by atoms with Crippen LogP contribution in [-0.4, -0.2) is 0 Å². The molecule has 0 aromatic rings. The van der Waals surface area contributed by atoms with Crippen LogP contribution in [0.5, 0.6) is 0 Å². The first-order valence-electron chi connectivity index (χ1n) is 4.39. The number of allylic oxidation sites excluding steroid dienone is 4. The topological polar surface area (TPSA) is 0 Å². The molecule has 0 aliphatic carbocycles. The lowest BCUT2D eigenvalue weighted by Crippen LogP contribution is -1.91. The molecule has 0 aliphatic heterocycles. The van der Waals surface area contributed by atoms with Gasteiger partial charge in [0.1, 0.15) is 0 Å². The second kappa shape index (κ2) is 8.32. The van der Waals surface area contributed by atoms with E-state index < -0.39 is 0 Å². The number of rotatable bonds is 2. The van der Waals surface area contributed by atoms with Gasteiger partial charge in [0.2, 0.25) is 0 Å². The molecule has 0 saturated heterocycles. The minimum atomic E-state index is 0.677. The molecule has 0 spiro atoms. The maximum absolute atomic E-state index is 3.00. The van der Waals surface area contributed by atoms with E-state index in [9.17, 15) is 0 Å². The summed E-state index contributed by atoms with van der Waals surface area (Å²) in [4.78, 5) is 0. The van der Waals surface area contributed by atoms with Gasteiger partial charge in [-0.2, -0.15) is 0 Å². The van der Waals surface area contributed by atoms with E-state index in [2.05, 4.69) is 59.9 Å². The predicted octanol–water partition coefficient (Wildman–Crippen LogP) is 4.36. The molecule has 0 saturated carbocycles. The van der Waals surface area contributed by atoms with Crippen LogP contribution in [0.4, 0.5) is 0 Å². The fourth-order valence-electron chi connectivity index (χ4n) is 0.837. The van der Waals surface area contributed by atoms with Crippen LogP contribution in [0.1, 0.15) is 34.6 Å². The van der Waals surface area contributed by atoms with E-state index in [-0.39, 0.29) is 0 Å². The molecule has 12 heavy (non-hydrogen) atoms. The summed E-state index contributed by atoms with van der Waals surface area (Å²) in [5, 5.41) is 0. The summed E-state index contributed by atoms with van der Waals surface area (Å²) >= 11 is 0. The highest BCUT2D eigenvalue weighted by molar-refractivity contribution is 5.22. The summed E-state index contributed by atoms with van der Waals surface area (Å²) in [6.07, 6.45) is 4.25. The Morgan fingerprint density at radius 1 is 1.17 bits per heavy atom. The standard InChI is InChI=1S/C10H18.C2H4/c1-6-7-9(4)10(5)8(2)3;1-2/h6-8H,1-5H3;1-2H2/b7-6?,10-9+;. The summed E-state index contributed by atoms with van der Waals surface area (Å²) in [7, 11) is 0. The van der Waals surface area contributed by atoms with Gasteiger partial charge in [-0.25, -0.2) is 0 Å². The summed E-state index contributed by atoms with van der Waals surface area (Å²) in [6, 6.07) is 0. The Morgan fingerprint density at radius 2 is 1.58 bits per heavy atom. The molecule has 0 atom stereocenters. The number of hydrogen-bond donors (Lipinski definition) is 0. The minimum Gasteiger partial charge on any atom is -0.106 e. The highest BCUT2D eigenvalue weighted by Crippen LogP contribution is 2.14. The first kappa shape index (κ1) is 13.8. The van der Waals surface area contributed by atoms with E-state index in [1.54, 1.807) is 0 Å². The lowest BCUT2D eigenvalue weighted by molar-refractivity contribution is 0.760. The highest BCUT2D eigenvalue weighted by atomic mass is 14.0. The second-order valence-electron chi connectivity index (χ2n) is 3.02. The van der Waals surface area contributed by atoms with Crippen molar-refractivity contribution < 1.29 is 0 Å². The molecule has 0 heteroatoms. The Bertz CT molecular complexity index is 159. The van der Waals surface area contributed by atoms with Crippen LogP contribution in [0.15, 0.2) is 36.5 Å². The Balaban J connectivity index is 0. The quantitative estimate of drug-likeness (QED) is 0.422. The summed E-state index contributed by atoms with van der Waals surface area (Å²) in [5.74, 6) is 0.677. The zero-order valence-corrected chi connectivity index (χ0v) is 9.15. The number of hydrogen-bond acceptors (Lipinski definition) is 0. The van der Waals surface area contributed by atoms with E-state index in [1.807, 2.05) is 0 Å². The van der Waals surface area contributed by atoms with Crippen LogP contribution in [0.2, 0.25) is 0 Å².